The van der Waals surface area contributed by atoms with Crippen molar-refractivity contribution in [2.24, 2.45) is 11.7 Å². The molecule has 4 nitrogen and oxygen atoms in total. The quantitative estimate of drug-likeness (QED) is 0.800. The number of likely N-dealkylation sites (tertiary alicyclic amines) is 1. The van der Waals surface area contributed by atoms with Crippen molar-refractivity contribution in [3.63, 3.8) is 0 Å². The maximum atomic E-state index is 12.3. The van der Waals surface area contributed by atoms with Crippen molar-refractivity contribution in [3.8, 4) is 0 Å². The number of rotatable bonds is 4. The predicted octanol–water partition coefficient (Wildman–Crippen LogP) is 4.07. The second-order valence-corrected chi connectivity index (χ2v) is 6.94. The van der Waals surface area contributed by atoms with E-state index < -0.39 is 0 Å². The summed E-state index contributed by atoms with van der Waals surface area (Å²) >= 11 is 18.0. The summed E-state index contributed by atoms with van der Waals surface area (Å²) in [7, 11) is 0. The van der Waals surface area contributed by atoms with Crippen LogP contribution >= 0.6 is 47.2 Å². The molecular formula is C15H21Cl4N3O. The Kier molecular flexibility index (Phi) is 8.42. The minimum atomic E-state index is -0.154. The molecule has 0 saturated carbocycles. The van der Waals surface area contributed by atoms with Crippen LogP contribution in [0.2, 0.25) is 15.1 Å². The molecule has 1 aromatic carbocycles. The molecule has 0 aliphatic carbocycles. The molecular weight excluding hydrogens is 380 g/mol. The molecule has 1 saturated heterocycles. The molecule has 130 valence electrons. The first-order valence-corrected chi connectivity index (χ1v) is 8.44. The van der Waals surface area contributed by atoms with Crippen molar-refractivity contribution in [1.29, 1.82) is 0 Å². The number of anilines is 1. The zero-order valence-corrected chi connectivity index (χ0v) is 15.9. The van der Waals surface area contributed by atoms with Crippen molar-refractivity contribution in [3.05, 3.63) is 27.2 Å². The Hall–Kier alpha value is -0.230. The predicted molar refractivity (Wildman–Crippen MR) is 100 cm³/mol. The molecule has 3 N–H and O–H groups in total. The minimum absolute atomic E-state index is 0. The fourth-order valence-corrected chi connectivity index (χ4v) is 3.85. The number of nitrogens with two attached hydrogens (primary N) is 1. The van der Waals surface area contributed by atoms with Crippen LogP contribution in [-0.2, 0) is 4.79 Å². The summed E-state index contributed by atoms with van der Waals surface area (Å²) in [6.45, 7) is 3.88. The highest BCUT2D eigenvalue weighted by molar-refractivity contribution is 6.42. The fraction of sp³-hybridized carbons (Fsp3) is 0.533. The van der Waals surface area contributed by atoms with Crippen molar-refractivity contribution < 1.29 is 4.79 Å². The van der Waals surface area contributed by atoms with Gasteiger partial charge in [-0.05, 0) is 37.4 Å². The molecule has 2 unspecified atom stereocenters. The lowest BCUT2D eigenvalue weighted by molar-refractivity contribution is -0.118. The Labute approximate surface area is 158 Å². The van der Waals surface area contributed by atoms with E-state index in [1.807, 2.05) is 0 Å². The second kappa shape index (κ2) is 9.30. The Balaban J connectivity index is 0.00000264. The molecule has 2 rings (SSSR count). The lowest BCUT2D eigenvalue weighted by atomic mass is 9.91. The van der Waals surface area contributed by atoms with Crippen molar-refractivity contribution in [1.82, 2.24) is 4.90 Å². The third kappa shape index (κ3) is 5.38. The maximum absolute atomic E-state index is 12.3. The highest BCUT2D eigenvalue weighted by Crippen LogP contribution is 2.33. The minimum Gasteiger partial charge on any atom is -0.329 e. The van der Waals surface area contributed by atoms with E-state index in [9.17, 15) is 4.79 Å². The molecule has 1 amide bonds. The number of piperidine rings is 1. The molecule has 0 bridgehead atoms. The fourth-order valence-electron chi connectivity index (χ4n) is 2.94. The SMILES string of the molecule is CC1CCCN(CC(=O)Nc2c(Cl)cc(Cl)cc2Cl)C1CN.Cl. The smallest absolute Gasteiger partial charge is 0.238 e. The van der Waals surface area contributed by atoms with Gasteiger partial charge in [-0.15, -0.1) is 12.4 Å². The summed E-state index contributed by atoms with van der Waals surface area (Å²) in [5.41, 5.74) is 6.24. The van der Waals surface area contributed by atoms with Crippen molar-refractivity contribution >= 4 is 58.8 Å². The van der Waals surface area contributed by atoms with Gasteiger partial charge in [-0.3, -0.25) is 9.69 Å². The zero-order valence-electron chi connectivity index (χ0n) is 12.8. The van der Waals surface area contributed by atoms with Gasteiger partial charge in [0, 0.05) is 17.6 Å². The van der Waals surface area contributed by atoms with Crippen LogP contribution in [0.15, 0.2) is 12.1 Å². The molecule has 1 aromatic rings. The topological polar surface area (TPSA) is 58.4 Å². The second-order valence-electron chi connectivity index (χ2n) is 5.69. The molecule has 23 heavy (non-hydrogen) atoms. The van der Waals surface area contributed by atoms with E-state index in [0.29, 0.717) is 33.2 Å². The van der Waals surface area contributed by atoms with Crippen LogP contribution in [0.1, 0.15) is 19.8 Å². The first-order valence-electron chi connectivity index (χ1n) is 7.31. The van der Waals surface area contributed by atoms with Gasteiger partial charge in [0.05, 0.1) is 22.3 Å². The number of carbonyl (C=O) groups is 1. The van der Waals surface area contributed by atoms with E-state index in [-0.39, 0.29) is 30.9 Å². The molecule has 0 spiro atoms. The Morgan fingerprint density at radius 1 is 1.35 bits per heavy atom. The van der Waals surface area contributed by atoms with Crippen molar-refractivity contribution in [2.75, 3.05) is 25.0 Å². The number of benzene rings is 1. The lowest BCUT2D eigenvalue weighted by Gasteiger charge is -2.38. The van der Waals surface area contributed by atoms with Crippen LogP contribution in [0.3, 0.4) is 0 Å². The van der Waals surface area contributed by atoms with Gasteiger partial charge in [0.2, 0.25) is 5.91 Å². The number of hydrogen-bond acceptors (Lipinski definition) is 3. The van der Waals surface area contributed by atoms with Gasteiger partial charge in [-0.25, -0.2) is 0 Å². The zero-order chi connectivity index (χ0) is 16.3. The van der Waals surface area contributed by atoms with Crippen LogP contribution in [0.4, 0.5) is 5.69 Å². The third-order valence-electron chi connectivity index (χ3n) is 4.09. The Morgan fingerprint density at radius 3 is 2.52 bits per heavy atom. The van der Waals surface area contributed by atoms with E-state index in [2.05, 4.69) is 17.1 Å². The standard InChI is InChI=1S/C15H20Cl3N3O.ClH/c1-9-3-2-4-21(13(9)7-19)8-14(22)20-15-11(17)5-10(16)6-12(15)18;/h5-6,9,13H,2-4,7-8,19H2,1H3,(H,20,22);1H. The summed E-state index contributed by atoms with van der Waals surface area (Å²) < 4.78 is 0. The van der Waals surface area contributed by atoms with E-state index in [1.165, 1.54) is 0 Å². The van der Waals surface area contributed by atoms with Crippen LogP contribution < -0.4 is 11.1 Å². The van der Waals surface area contributed by atoms with Gasteiger partial charge in [0.15, 0.2) is 0 Å². The van der Waals surface area contributed by atoms with Crippen molar-refractivity contribution in [2.45, 2.75) is 25.8 Å². The Bertz CT molecular complexity index is 533. The highest BCUT2D eigenvalue weighted by atomic mass is 35.5. The average Bonchev–Trinajstić information content (AvgIpc) is 2.43. The van der Waals surface area contributed by atoms with Gasteiger partial charge < -0.3 is 11.1 Å². The summed E-state index contributed by atoms with van der Waals surface area (Å²) in [6.07, 6.45) is 2.22. The van der Waals surface area contributed by atoms with E-state index >= 15 is 0 Å². The number of nitrogens with one attached hydrogen (secondary N) is 1. The first kappa shape index (κ1) is 20.8. The van der Waals surface area contributed by atoms with E-state index in [4.69, 9.17) is 40.5 Å². The van der Waals surface area contributed by atoms with Gasteiger partial charge in [0.1, 0.15) is 0 Å². The number of hydrogen-bond donors (Lipinski definition) is 2. The molecule has 8 heteroatoms. The number of amides is 1. The Morgan fingerprint density at radius 2 is 1.96 bits per heavy atom. The monoisotopic (exact) mass is 399 g/mol. The first-order chi connectivity index (χ1) is 10.4. The molecule has 0 aromatic heterocycles. The van der Waals surface area contributed by atoms with Crippen LogP contribution in [-0.4, -0.2) is 36.5 Å². The average molecular weight is 401 g/mol. The van der Waals surface area contributed by atoms with Crippen LogP contribution in [0.25, 0.3) is 0 Å². The number of carbonyl (C=O) groups excluding carboxylic acids is 1. The third-order valence-corrected chi connectivity index (χ3v) is 4.90. The maximum Gasteiger partial charge on any atom is 0.238 e. The van der Waals surface area contributed by atoms with Crippen LogP contribution in [0, 0.1) is 5.92 Å². The summed E-state index contributed by atoms with van der Waals surface area (Å²) in [5.74, 6) is 0.341. The van der Waals surface area contributed by atoms with E-state index in [1.54, 1.807) is 12.1 Å². The normalized spacial score (nSPS) is 21.6. The van der Waals surface area contributed by atoms with Gasteiger partial charge >= 0.3 is 0 Å². The summed E-state index contributed by atoms with van der Waals surface area (Å²) in [5, 5.41) is 3.85. The van der Waals surface area contributed by atoms with Gasteiger partial charge in [-0.1, -0.05) is 41.7 Å². The summed E-state index contributed by atoms with van der Waals surface area (Å²) in [4.78, 5) is 14.4. The summed E-state index contributed by atoms with van der Waals surface area (Å²) in [6, 6.07) is 3.34. The van der Waals surface area contributed by atoms with Gasteiger partial charge in [0.25, 0.3) is 0 Å². The number of nitrogens with zero attached hydrogens (tertiary/aromatic N) is 1. The molecule has 1 heterocycles. The molecule has 0 radical (unpaired) electrons. The lowest BCUT2D eigenvalue weighted by Crippen LogP contribution is -2.51. The highest BCUT2D eigenvalue weighted by Gasteiger charge is 2.28. The van der Waals surface area contributed by atoms with Crippen LogP contribution in [0.5, 0.6) is 0 Å². The molecule has 1 fully saturated rings. The largest absolute Gasteiger partial charge is 0.329 e. The van der Waals surface area contributed by atoms with Gasteiger partial charge in [-0.2, -0.15) is 0 Å². The molecule has 2 atom stereocenters. The molecule has 1 aliphatic rings. The van der Waals surface area contributed by atoms with E-state index in [0.717, 1.165) is 19.4 Å². The molecule has 1 aliphatic heterocycles. The number of halogens is 4.